The molecular formula is C17H20N4O3S2. The van der Waals surface area contributed by atoms with Gasteiger partial charge in [0.15, 0.2) is 5.82 Å². The molecule has 9 heteroatoms. The Balaban J connectivity index is 2.07. The Morgan fingerprint density at radius 3 is 2.69 bits per heavy atom. The molecule has 0 bridgehead atoms. The first-order chi connectivity index (χ1) is 12.4. The third kappa shape index (κ3) is 3.49. The molecule has 138 valence electrons. The maximum Gasteiger partial charge on any atom is 0.264 e. The number of H-pyrrole nitrogens is 1. The van der Waals surface area contributed by atoms with Crippen LogP contribution in [0, 0.1) is 13.8 Å². The summed E-state index contributed by atoms with van der Waals surface area (Å²) in [6.45, 7) is 5.40. The first kappa shape index (κ1) is 18.5. The van der Waals surface area contributed by atoms with E-state index in [-0.39, 0.29) is 10.8 Å². The number of sulfonamides is 1. The van der Waals surface area contributed by atoms with Gasteiger partial charge < -0.3 is 9.51 Å². The highest BCUT2D eigenvalue weighted by molar-refractivity contribution is 7.98. The summed E-state index contributed by atoms with van der Waals surface area (Å²) in [5.74, 6) is 0.726. The third-order valence-corrected chi connectivity index (χ3v) is 6.18. The van der Waals surface area contributed by atoms with E-state index in [0.29, 0.717) is 34.9 Å². The zero-order valence-corrected chi connectivity index (χ0v) is 16.6. The molecule has 0 aliphatic heterocycles. The van der Waals surface area contributed by atoms with E-state index in [1.54, 1.807) is 37.7 Å². The minimum Gasteiger partial charge on any atom is -0.361 e. The highest BCUT2D eigenvalue weighted by Crippen LogP contribution is 2.34. The van der Waals surface area contributed by atoms with Crippen LogP contribution in [0.5, 0.6) is 0 Å². The number of benzene rings is 1. The fourth-order valence-corrected chi connectivity index (χ4v) is 4.71. The van der Waals surface area contributed by atoms with Crippen LogP contribution in [0.15, 0.2) is 38.6 Å². The Bertz CT molecular complexity index is 1040. The van der Waals surface area contributed by atoms with E-state index in [4.69, 9.17) is 4.52 Å². The number of hydrogen-bond donors (Lipinski definition) is 2. The zero-order chi connectivity index (χ0) is 18.9. The van der Waals surface area contributed by atoms with Gasteiger partial charge in [0.05, 0.1) is 5.56 Å². The van der Waals surface area contributed by atoms with Gasteiger partial charge in [0.25, 0.3) is 15.9 Å². The van der Waals surface area contributed by atoms with Crippen LogP contribution in [-0.4, -0.2) is 29.8 Å². The highest BCUT2D eigenvalue weighted by atomic mass is 32.2. The summed E-state index contributed by atoms with van der Waals surface area (Å²) in [4.78, 5) is 8.44. The average molecular weight is 393 g/mol. The average Bonchev–Trinajstić information content (AvgIpc) is 3.18. The van der Waals surface area contributed by atoms with Crippen molar-refractivity contribution in [2.75, 3.05) is 11.0 Å². The Labute approximate surface area is 156 Å². The number of aromatic nitrogens is 3. The minimum atomic E-state index is -3.84. The van der Waals surface area contributed by atoms with Crippen LogP contribution in [0.2, 0.25) is 0 Å². The number of aryl methyl sites for hydroxylation is 3. The number of nitrogens with one attached hydrogen (secondary N) is 2. The molecule has 3 aromatic rings. The second kappa shape index (κ2) is 7.16. The normalized spacial score (nSPS) is 11.7. The van der Waals surface area contributed by atoms with Gasteiger partial charge in [-0.2, -0.15) is 4.98 Å². The molecule has 26 heavy (non-hydrogen) atoms. The second-order valence-electron chi connectivity index (χ2n) is 5.79. The molecule has 2 heterocycles. The quantitative estimate of drug-likeness (QED) is 0.619. The Hall–Kier alpha value is -2.26. The number of anilines is 1. The maximum absolute atomic E-state index is 13.1. The van der Waals surface area contributed by atoms with Crippen LogP contribution in [0.3, 0.4) is 0 Å². The van der Waals surface area contributed by atoms with Gasteiger partial charge in [-0.1, -0.05) is 18.1 Å². The van der Waals surface area contributed by atoms with E-state index in [9.17, 15) is 8.42 Å². The molecule has 0 amide bonds. The first-order valence-corrected chi connectivity index (χ1v) is 10.8. The van der Waals surface area contributed by atoms with Crippen LogP contribution in [0.4, 0.5) is 5.69 Å². The summed E-state index contributed by atoms with van der Waals surface area (Å²) < 4.78 is 34.1. The Morgan fingerprint density at radius 1 is 1.27 bits per heavy atom. The minimum absolute atomic E-state index is 0.121. The molecule has 0 aliphatic carbocycles. The third-order valence-electron chi connectivity index (χ3n) is 3.91. The van der Waals surface area contributed by atoms with Gasteiger partial charge in [0.1, 0.15) is 4.90 Å². The monoisotopic (exact) mass is 392 g/mol. The van der Waals surface area contributed by atoms with Crippen molar-refractivity contribution in [3.05, 3.63) is 41.5 Å². The molecule has 3 rings (SSSR count). The lowest BCUT2D eigenvalue weighted by Crippen LogP contribution is -2.14. The molecule has 0 fully saturated rings. The van der Waals surface area contributed by atoms with Crippen molar-refractivity contribution in [3.8, 4) is 11.5 Å². The summed E-state index contributed by atoms with van der Waals surface area (Å²) in [6, 6.07) is 7.24. The molecule has 7 nitrogen and oxygen atoms in total. The number of rotatable bonds is 6. The van der Waals surface area contributed by atoms with Crippen molar-refractivity contribution in [1.82, 2.24) is 15.1 Å². The molecule has 0 saturated carbocycles. The standard InChI is InChI=1S/C17H20N4O3S2/c1-5-14-19-17(24-20-14)15-10(2)18-11(3)16(15)26(22,23)21-12-7-6-8-13(9-12)25-4/h6-9,18,21H,5H2,1-4H3. The number of nitrogens with zero attached hydrogens (tertiary/aromatic N) is 2. The lowest BCUT2D eigenvalue weighted by atomic mass is 10.2. The molecule has 0 unspecified atom stereocenters. The van der Waals surface area contributed by atoms with Gasteiger partial charge in [-0.05, 0) is 38.3 Å². The van der Waals surface area contributed by atoms with Crippen LogP contribution >= 0.6 is 11.8 Å². The van der Waals surface area contributed by atoms with Crippen molar-refractivity contribution in [1.29, 1.82) is 0 Å². The predicted octanol–water partition coefficient (Wildman–Crippen LogP) is 3.77. The first-order valence-electron chi connectivity index (χ1n) is 8.04. The molecule has 2 N–H and O–H groups in total. The summed E-state index contributed by atoms with van der Waals surface area (Å²) >= 11 is 1.54. The van der Waals surface area contributed by atoms with Crippen molar-refractivity contribution >= 4 is 27.5 Å². The van der Waals surface area contributed by atoms with Crippen LogP contribution in [0.1, 0.15) is 24.1 Å². The van der Waals surface area contributed by atoms with Crippen LogP contribution in [0.25, 0.3) is 11.5 Å². The predicted molar refractivity (Wildman–Crippen MR) is 102 cm³/mol. The smallest absolute Gasteiger partial charge is 0.264 e. The maximum atomic E-state index is 13.1. The molecule has 0 aliphatic rings. The van der Waals surface area contributed by atoms with Crippen molar-refractivity contribution in [3.63, 3.8) is 0 Å². The molecule has 0 atom stereocenters. The number of hydrogen-bond acceptors (Lipinski definition) is 6. The van der Waals surface area contributed by atoms with Gasteiger partial charge in [0, 0.05) is 28.4 Å². The fourth-order valence-electron chi connectivity index (χ4n) is 2.74. The summed E-state index contributed by atoms with van der Waals surface area (Å²) in [5.41, 5.74) is 2.08. The largest absolute Gasteiger partial charge is 0.361 e. The highest BCUT2D eigenvalue weighted by Gasteiger charge is 2.29. The lowest BCUT2D eigenvalue weighted by molar-refractivity contribution is 0.422. The van der Waals surface area contributed by atoms with Gasteiger partial charge in [-0.25, -0.2) is 8.42 Å². The summed E-state index contributed by atoms with van der Waals surface area (Å²) in [5, 5.41) is 3.87. The van der Waals surface area contributed by atoms with Gasteiger partial charge >= 0.3 is 0 Å². The molecule has 1 aromatic carbocycles. The molecule has 2 aromatic heterocycles. The number of aromatic amines is 1. The zero-order valence-electron chi connectivity index (χ0n) is 15.0. The Kier molecular flexibility index (Phi) is 5.10. The van der Waals surface area contributed by atoms with Crippen molar-refractivity contribution in [2.24, 2.45) is 0 Å². The van der Waals surface area contributed by atoms with Gasteiger partial charge in [-0.15, -0.1) is 11.8 Å². The van der Waals surface area contributed by atoms with E-state index < -0.39 is 10.0 Å². The van der Waals surface area contributed by atoms with Crippen molar-refractivity contribution in [2.45, 2.75) is 37.0 Å². The van der Waals surface area contributed by atoms with E-state index in [1.165, 1.54) is 0 Å². The molecule has 0 spiro atoms. The molecule has 0 saturated heterocycles. The summed E-state index contributed by atoms with van der Waals surface area (Å²) in [6.07, 6.45) is 2.54. The van der Waals surface area contributed by atoms with E-state index >= 15 is 0 Å². The second-order valence-corrected chi connectivity index (χ2v) is 8.28. The van der Waals surface area contributed by atoms with Crippen LogP contribution < -0.4 is 4.72 Å². The molecule has 0 radical (unpaired) electrons. The summed E-state index contributed by atoms with van der Waals surface area (Å²) in [7, 11) is -3.84. The molecular weight excluding hydrogens is 372 g/mol. The lowest BCUT2D eigenvalue weighted by Gasteiger charge is -2.10. The van der Waals surface area contributed by atoms with Crippen molar-refractivity contribution < 1.29 is 12.9 Å². The van der Waals surface area contributed by atoms with E-state index in [2.05, 4.69) is 19.8 Å². The number of thioether (sulfide) groups is 1. The SMILES string of the molecule is CCc1noc(-c2c(C)[nH]c(C)c2S(=O)(=O)Nc2cccc(SC)c2)n1. The van der Waals surface area contributed by atoms with Gasteiger partial charge in [0.2, 0.25) is 0 Å². The topological polar surface area (TPSA) is 101 Å². The van der Waals surface area contributed by atoms with Gasteiger partial charge in [-0.3, -0.25) is 4.72 Å². The van der Waals surface area contributed by atoms with Crippen LogP contribution in [-0.2, 0) is 16.4 Å². The van der Waals surface area contributed by atoms with E-state index in [1.807, 2.05) is 25.3 Å². The fraction of sp³-hybridized carbons (Fsp3) is 0.294. The Morgan fingerprint density at radius 2 is 2.04 bits per heavy atom. The van der Waals surface area contributed by atoms with E-state index in [0.717, 1.165) is 4.90 Å².